The molecule has 0 amide bonds. The molecule has 0 bridgehead atoms. The molecule has 0 fully saturated rings. The normalized spacial score (nSPS) is 11.0. The molecule has 182 valence electrons. The Morgan fingerprint density at radius 3 is 2.60 bits per heavy atom. The highest BCUT2D eigenvalue weighted by Gasteiger charge is 2.14. The molecule has 35 heavy (non-hydrogen) atoms. The number of carbonyl (C=O) groups is 1. The van der Waals surface area contributed by atoms with Gasteiger partial charge in [-0.15, -0.1) is 0 Å². The van der Waals surface area contributed by atoms with E-state index < -0.39 is 11.6 Å². The zero-order valence-corrected chi connectivity index (χ0v) is 19.3. The van der Waals surface area contributed by atoms with Crippen LogP contribution in [-0.4, -0.2) is 31.4 Å². The van der Waals surface area contributed by atoms with E-state index in [2.05, 4.69) is 10.5 Å². The van der Waals surface area contributed by atoms with Gasteiger partial charge in [-0.25, -0.2) is 8.78 Å². The molecule has 9 heteroatoms. The lowest BCUT2D eigenvalue weighted by molar-refractivity contribution is -0.142. The van der Waals surface area contributed by atoms with E-state index >= 15 is 0 Å². The van der Waals surface area contributed by atoms with Gasteiger partial charge in [0.05, 0.1) is 20.3 Å². The van der Waals surface area contributed by atoms with Crippen molar-refractivity contribution in [2.45, 2.75) is 20.1 Å². The molecule has 1 N–H and O–H groups in total. The number of nitrogens with one attached hydrogen (secondary N) is 1. The molecule has 4 aromatic rings. The highest BCUT2D eigenvalue weighted by atomic mass is 19.2. The quantitative estimate of drug-likeness (QED) is 0.318. The molecule has 1 heterocycles. The first kappa shape index (κ1) is 24.2. The largest absolute Gasteiger partial charge is 0.496 e. The average Bonchev–Trinajstić information content (AvgIpc) is 3.28. The van der Waals surface area contributed by atoms with Crippen LogP contribution >= 0.6 is 0 Å². The summed E-state index contributed by atoms with van der Waals surface area (Å²) >= 11 is 0. The molecule has 0 aliphatic carbocycles. The Labute approximate surface area is 200 Å². The molecular formula is C26H24F2N2O5. The molecule has 0 atom stereocenters. The summed E-state index contributed by atoms with van der Waals surface area (Å²) in [4.78, 5) is 11.5. The average molecular weight is 482 g/mol. The third-order valence-electron chi connectivity index (χ3n) is 5.32. The second-order valence-corrected chi connectivity index (χ2v) is 7.61. The van der Waals surface area contributed by atoms with Gasteiger partial charge >= 0.3 is 5.97 Å². The molecule has 0 saturated carbocycles. The first-order chi connectivity index (χ1) is 17.0. The predicted octanol–water partition coefficient (Wildman–Crippen LogP) is 5.01. The minimum atomic E-state index is -0.968. The van der Waals surface area contributed by atoms with Crippen molar-refractivity contribution in [3.8, 4) is 22.6 Å². The van der Waals surface area contributed by atoms with E-state index in [-0.39, 0.29) is 24.9 Å². The van der Waals surface area contributed by atoms with Gasteiger partial charge in [-0.2, -0.15) is 0 Å². The zero-order chi connectivity index (χ0) is 24.8. The highest BCUT2D eigenvalue weighted by Crippen LogP contribution is 2.33. The Balaban J connectivity index is 1.43. The standard InChI is InChI=1S/C26H24F2N2O5/c1-3-33-25(31)14-29-13-23-19-6-4-5-17(26(19)35-30-23)15-34-18-9-7-16(8-10-18)20-11-21(27)22(28)12-24(20)32-2/h4-12,29H,3,13-15H2,1-2H3. The van der Waals surface area contributed by atoms with Gasteiger partial charge in [-0.05, 0) is 36.8 Å². The summed E-state index contributed by atoms with van der Waals surface area (Å²) in [6, 6.07) is 14.7. The number of esters is 1. The number of ether oxygens (including phenoxy) is 3. The van der Waals surface area contributed by atoms with E-state index in [1.54, 1.807) is 31.2 Å². The molecule has 0 aliphatic rings. The molecule has 0 spiro atoms. The van der Waals surface area contributed by atoms with Crippen molar-refractivity contribution in [2.24, 2.45) is 0 Å². The number of para-hydroxylation sites is 1. The smallest absolute Gasteiger partial charge is 0.319 e. The summed E-state index contributed by atoms with van der Waals surface area (Å²) in [5.41, 5.74) is 3.18. The van der Waals surface area contributed by atoms with Crippen LogP contribution in [0.2, 0.25) is 0 Å². The molecule has 3 aromatic carbocycles. The van der Waals surface area contributed by atoms with Gasteiger partial charge in [0.2, 0.25) is 0 Å². The van der Waals surface area contributed by atoms with Crippen LogP contribution in [0.3, 0.4) is 0 Å². The van der Waals surface area contributed by atoms with Gasteiger partial charge in [0.25, 0.3) is 0 Å². The van der Waals surface area contributed by atoms with Crippen molar-refractivity contribution in [1.82, 2.24) is 10.5 Å². The number of methoxy groups -OCH3 is 1. The number of benzene rings is 3. The molecule has 4 rings (SSSR count). The summed E-state index contributed by atoms with van der Waals surface area (Å²) in [6.45, 7) is 2.75. The van der Waals surface area contributed by atoms with E-state index in [1.165, 1.54) is 7.11 Å². The fourth-order valence-corrected chi connectivity index (χ4v) is 3.62. The maximum atomic E-state index is 13.7. The lowest BCUT2D eigenvalue weighted by Crippen LogP contribution is -2.24. The first-order valence-corrected chi connectivity index (χ1v) is 11.0. The Kier molecular flexibility index (Phi) is 7.57. The number of hydrogen-bond donors (Lipinski definition) is 1. The van der Waals surface area contributed by atoms with Crippen LogP contribution < -0.4 is 14.8 Å². The molecular weight excluding hydrogens is 458 g/mol. The third-order valence-corrected chi connectivity index (χ3v) is 5.32. The summed E-state index contributed by atoms with van der Waals surface area (Å²) in [6.07, 6.45) is 0. The third kappa shape index (κ3) is 5.58. The van der Waals surface area contributed by atoms with Gasteiger partial charge in [-0.3, -0.25) is 4.79 Å². The number of nitrogens with zero attached hydrogens (tertiary/aromatic N) is 1. The predicted molar refractivity (Wildman–Crippen MR) is 125 cm³/mol. The molecule has 0 radical (unpaired) electrons. The maximum Gasteiger partial charge on any atom is 0.319 e. The Morgan fingerprint density at radius 1 is 1.09 bits per heavy atom. The topological polar surface area (TPSA) is 82.8 Å². The Bertz CT molecular complexity index is 1320. The lowest BCUT2D eigenvalue weighted by atomic mass is 10.0. The van der Waals surface area contributed by atoms with Crippen LogP contribution in [0.15, 0.2) is 59.1 Å². The summed E-state index contributed by atoms with van der Waals surface area (Å²) < 4.78 is 48.8. The van der Waals surface area contributed by atoms with Crippen molar-refractivity contribution in [2.75, 3.05) is 20.3 Å². The molecule has 1 aromatic heterocycles. The van der Waals surface area contributed by atoms with Crippen LogP contribution in [0.5, 0.6) is 11.5 Å². The van der Waals surface area contributed by atoms with E-state index in [0.717, 1.165) is 23.1 Å². The van der Waals surface area contributed by atoms with E-state index in [0.29, 0.717) is 41.3 Å². The van der Waals surface area contributed by atoms with Crippen LogP contribution in [0, 0.1) is 11.6 Å². The highest BCUT2D eigenvalue weighted by molar-refractivity contribution is 5.82. The van der Waals surface area contributed by atoms with Gasteiger partial charge in [0.1, 0.15) is 23.8 Å². The number of halogens is 2. The van der Waals surface area contributed by atoms with Crippen LogP contribution in [0.4, 0.5) is 8.78 Å². The maximum absolute atomic E-state index is 13.7. The van der Waals surface area contributed by atoms with Crippen molar-refractivity contribution in [3.63, 3.8) is 0 Å². The second-order valence-electron chi connectivity index (χ2n) is 7.61. The summed E-state index contributed by atoms with van der Waals surface area (Å²) in [5.74, 6) is -1.42. The molecule has 7 nitrogen and oxygen atoms in total. The number of hydrogen-bond acceptors (Lipinski definition) is 7. The van der Waals surface area contributed by atoms with Crippen molar-refractivity contribution < 1.29 is 32.3 Å². The fraction of sp³-hybridized carbons (Fsp3) is 0.231. The Hall–Kier alpha value is -3.98. The van der Waals surface area contributed by atoms with Crippen LogP contribution in [-0.2, 0) is 22.7 Å². The van der Waals surface area contributed by atoms with Crippen molar-refractivity contribution >= 4 is 16.9 Å². The van der Waals surface area contributed by atoms with E-state index in [9.17, 15) is 13.6 Å². The fourth-order valence-electron chi connectivity index (χ4n) is 3.62. The van der Waals surface area contributed by atoms with Gasteiger partial charge in [0.15, 0.2) is 17.2 Å². The van der Waals surface area contributed by atoms with E-state index in [1.807, 2.05) is 18.2 Å². The Morgan fingerprint density at radius 2 is 1.86 bits per heavy atom. The second kappa shape index (κ2) is 11.0. The number of aromatic nitrogens is 1. The lowest BCUT2D eigenvalue weighted by Gasteiger charge is -2.11. The number of rotatable bonds is 10. The minimum absolute atomic E-state index is 0.0808. The number of fused-ring (bicyclic) bond motifs is 1. The van der Waals surface area contributed by atoms with Crippen LogP contribution in [0.1, 0.15) is 18.2 Å². The number of carbonyl (C=O) groups excluding carboxylic acids is 1. The monoisotopic (exact) mass is 482 g/mol. The van der Waals surface area contributed by atoms with Crippen molar-refractivity contribution in [1.29, 1.82) is 0 Å². The van der Waals surface area contributed by atoms with Crippen LogP contribution in [0.25, 0.3) is 22.1 Å². The van der Waals surface area contributed by atoms with Gasteiger partial charge in [-0.1, -0.05) is 29.4 Å². The SMILES string of the molecule is CCOC(=O)CNCc1noc2c(COc3ccc(-c4cc(F)c(F)cc4OC)cc3)cccc12. The molecule has 0 saturated heterocycles. The van der Waals surface area contributed by atoms with Crippen molar-refractivity contribution in [3.05, 3.63) is 77.5 Å². The van der Waals surface area contributed by atoms with Gasteiger partial charge < -0.3 is 24.1 Å². The minimum Gasteiger partial charge on any atom is -0.496 e. The van der Waals surface area contributed by atoms with Gasteiger partial charge in [0, 0.05) is 29.1 Å². The summed E-state index contributed by atoms with van der Waals surface area (Å²) in [5, 5.41) is 7.93. The summed E-state index contributed by atoms with van der Waals surface area (Å²) in [7, 11) is 1.40. The zero-order valence-electron chi connectivity index (χ0n) is 19.3. The molecule has 0 unspecified atom stereocenters. The first-order valence-electron chi connectivity index (χ1n) is 11.0. The van der Waals surface area contributed by atoms with E-state index in [4.69, 9.17) is 18.7 Å². The molecule has 0 aliphatic heterocycles.